The van der Waals surface area contributed by atoms with Crippen LogP contribution in [0.1, 0.15) is 12.8 Å². The molecule has 0 saturated carbocycles. The van der Waals surface area contributed by atoms with Crippen LogP contribution in [0.2, 0.25) is 0 Å². The van der Waals surface area contributed by atoms with E-state index < -0.39 is 0 Å². The van der Waals surface area contributed by atoms with Gasteiger partial charge in [0.2, 0.25) is 5.91 Å². The Bertz CT molecular complexity index is 462. The SMILES string of the molecule is C=CC(=O)NCC1CCCN1c1cc(NC)ncn1. The van der Waals surface area contributed by atoms with Gasteiger partial charge in [0, 0.05) is 32.2 Å². The maximum Gasteiger partial charge on any atom is 0.243 e. The number of anilines is 2. The monoisotopic (exact) mass is 261 g/mol. The van der Waals surface area contributed by atoms with E-state index in [1.807, 2.05) is 13.1 Å². The molecule has 1 atom stereocenters. The summed E-state index contributed by atoms with van der Waals surface area (Å²) in [6.45, 7) is 5.02. The highest BCUT2D eigenvalue weighted by molar-refractivity contribution is 5.86. The van der Waals surface area contributed by atoms with Crippen LogP contribution in [-0.4, -0.2) is 42.1 Å². The quantitative estimate of drug-likeness (QED) is 0.767. The van der Waals surface area contributed by atoms with E-state index in [1.165, 1.54) is 6.08 Å². The number of nitrogens with one attached hydrogen (secondary N) is 2. The summed E-state index contributed by atoms with van der Waals surface area (Å²) in [6.07, 6.45) is 5.01. The average molecular weight is 261 g/mol. The van der Waals surface area contributed by atoms with Crippen molar-refractivity contribution in [3.63, 3.8) is 0 Å². The van der Waals surface area contributed by atoms with E-state index in [0.29, 0.717) is 6.54 Å². The van der Waals surface area contributed by atoms with Gasteiger partial charge in [-0.2, -0.15) is 0 Å². The minimum absolute atomic E-state index is 0.134. The second kappa shape index (κ2) is 6.17. The van der Waals surface area contributed by atoms with Crippen LogP contribution in [0.3, 0.4) is 0 Å². The highest BCUT2D eigenvalue weighted by Crippen LogP contribution is 2.24. The minimum Gasteiger partial charge on any atom is -0.373 e. The van der Waals surface area contributed by atoms with Gasteiger partial charge in [0.25, 0.3) is 0 Å². The van der Waals surface area contributed by atoms with Crippen LogP contribution in [0, 0.1) is 0 Å². The van der Waals surface area contributed by atoms with Crippen molar-refractivity contribution < 1.29 is 4.79 Å². The van der Waals surface area contributed by atoms with Gasteiger partial charge >= 0.3 is 0 Å². The van der Waals surface area contributed by atoms with Gasteiger partial charge in [-0.1, -0.05) is 6.58 Å². The summed E-state index contributed by atoms with van der Waals surface area (Å²) in [5, 5.41) is 5.85. The van der Waals surface area contributed by atoms with E-state index in [-0.39, 0.29) is 11.9 Å². The zero-order valence-corrected chi connectivity index (χ0v) is 11.1. The molecule has 1 aromatic rings. The summed E-state index contributed by atoms with van der Waals surface area (Å²) in [5.41, 5.74) is 0. The van der Waals surface area contributed by atoms with Crippen molar-refractivity contribution in [3.8, 4) is 0 Å². The Balaban J connectivity index is 2.05. The second-order valence-electron chi connectivity index (χ2n) is 4.45. The normalized spacial score (nSPS) is 18.2. The average Bonchev–Trinajstić information content (AvgIpc) is 2.93. The van der Waals surface area contributed by atoms with Crippen LogP contribution in [0.5, 0.6) is 0 Å². The van der Waals surface area contributed by atoms with Gasteiger partial charge < -0.3 is 15.5 Å². The first-order valence-corrected chi connectivity index (χ1v) is 6.41. The molecular formula is C13H19N5O. The van der Waals surface area contributed by atoms with Gasteiger partial charge in [-0.3, -0.25) is 4.79 Å². The Morgan fingerprint density at radius 1 is 1.63 bits per heavy atom. The molecule has 6 heteroatoms. The molecule has 0 spiro atoms. The van der Waals surface area contributed by atoms with Crippen molar-refractivity contribution in [1.82, 2.24) is 15.3 Å². The number of rotatable bonds is 5. The Labute approximate surface area is 112 Å². The predicted octanol–water partition coefficient (Wildman–Crippen LogP) is 0.789. The molecule has 2 rings (SSSR count). The zero-order valence-electron chi connectivity index (χ0n) is 11.1. The van der Waals surface area contributed by atoms with E-state index in [2.05, 4.69) is 32.1 Å². The topological polar surface area (TPSA) is 70.2 Å². The summed E-state index contributed by atoms with van der Waals surface area (Å²) in [6, 6.07) is 2.21. The first-order valence-electron chi connectivity index (χ1n) is 6.41. The van der Waals surface area contributed by atoms with Gasteiger partial charge in [0.15, 0.2) is 0 Å². The minimum atomic E-state index is -0.134. The lowest BCUT2D eigenvalue weighted by atomic mass is 10.2. The van der Waals surface area contributed by atoms with E-state index >= 15 is 0 Å². The Morgan fingerprint density at radius 3 is 3.21 bits per heavy atom. The van der Waals surface area contributed by atoms with Gasteiger partial charge in [-0.25, -0.2) is 9.97 Å². The molecule has 2 N–H and O–H groups in total. The molecule has 1 aliphatic heterocycles. The van der Waals surface area contributed by atoms with E-state index in [0.717, 1.165) is 31.0 Å². The summed E-state index contributed by atoms with van der Waals surface area (Å²) < 4.78 is 0. The molecule has 1 amide bonds. The van der Waals surface area contributed by atoms with Crippen LogP contribution in [-0.2, 0) is 4.79 Å². The third-order valence-electron chi connectivity index (χ3n) is 3.28. The maximum absolute atomic E-state index is 11.2. The fourth-order valence-corrected chi connectivity index (χ4v) is 2.28. The van der Waals surface area contributed by atoms with Crippen LogP contribution in [0.15, 0.2) is 25.0 Å². The van der Waals surface area contributed by atoms with Gasteiger partial charge in [0.05, 0.1) is 0 Å². The lowest BCUT2D eigenvalue weighted by molar-refractivity contribution is -0.116. The van der Waals surface area contributed by atoms with Crippen molar-refractivity contribution >= 4 is 17.5 Å². The molecule has 1 fully saturated rings. The third-order valence-corrected chi connectivity index (χ3v) is 3.28. The number of carbonyl (C=O) groups is 1. The molecule has 1 aliphatic rings. The van der Waals surface area contributed by atoms with E-state index in [9.17, 15) is 4.79 Å². The highest BCUT2D eigenvalue weighted by atomic mass is 16.1. The fraction of sp³-hybridized carbons (Fsp3) is 0.462. The van der Waals surface area contributed by atoms with E-state index in [4.69, 9.17) is 0 Å². The molecule has 0 radical (unpaired) electrons. The second-order valence-corrected chi connectivity index (χ2v) is 4.45. The number of aromatic nitrogens is 2. The highest BCUT2D eigenvalue weighted by Gasteiger charge is 2.25. The van der Waals surface area contributed by atoms with Crippen molar-refractivity contribution in [2.75, 3.05) is 30.4 Å². The van der Waals surface area contributed by atoms with Crippen molar-refractivity contribution in [2.45, 2.75) is 18.9 Å². The molecule has 1 saturated heterocycles. The molecule has 19 heavy (non-hydrogen) atoms. The molecule has 6 nitrogen and oxygen atoms in total. The number of carbonyl (C=O) groups excluding carboxylic acids is 1. The molecule has 2 heterocycles. The Hall–Kier alpha value is -2.11. The lowest BCUT2D eigenvalue weighted by Crippen LogP contribution is -2.40. The number of amides is 1. The largest absolute Gasteiger partial charge is 0.373 e. The first-order chi connectivity index (χ1) is 9.24. The smallest absolute Gasteiger partial charge is 0.243 e. The van der Waals surface area contributed by atoms with Crippen molar-refractivity contribution in [3.05, 3.63) is 25.0 Å². The van der Waals surface area contributed by atoms with E-state index in [1.54, 1.807) is 6.33 Å². The van der Waals surface area contributed by atoms with Crippen molar-refractivity contribution in [2.24, 2.45) is 0 Å². The van der Waals surface area contributed by atoms with Gasteiger partial charge in [-0.05, 0) is 18.9 Å². The van der Waals surface area contributed by atoms with Crippen LogP contribution < -0.4 is 15.5 Å². The molecule has 1 aromatic heterocycles. The van der Waals surface area contributed by atoms with Crippen molar-refractivity contribution in [1.29, 1.82) is 0 Å². The van der Waals surface area contributed by atoms with Gasteiger partial charge in [0.1, 0.15) is 18.0 Å². The Morgan fingerprint density at radius 2 is 2.47 bits per heavy atom. The number of hydrogen-bond acceptors (Lipinski definition) is 5. The number of hydrogen-bond donors (Lipinski definition) is 2. The lowest BCUT2D eigenvalue weighted by Gasteiger charge is -2.25. The van der Waals surface area contributed by atoms with Crippen LogP contribution >= 0.6 is 0 Å². The molecular weight excluding hydrogens is 242 g/mol. The summed E-state index contributed by atoms with van der Waals surface area (Å²) in [7, 11) is 1.83. The zero-order chi connectivity index (χ0) is 13.7. The summed E-state index contributed by atoms with van der Waals surface area (Å²) >= 11 is 0. The third kappa shape index (κ3) is 3.21. The van der Waals surface area contributed by atoms with Gasteiger partial charge in [-0.15, -0.1) is 0 Å². The van der Waals surface area contributed by atoms with Crippen LogP contribution in [0.25, 0.3) is 0 Å². The maximum atomic E-state index is 11.2. The fourth-order valence-electron chi connectivity index (χ4n) is 2.28. The molecule has 102 valence electrons. The summed E-state index contributed by atoms with van der Waals surface area (Å²) in [4.78, 5) is 21.9. The number of nitrogens with zero attached hydrogens (tertiary/aromatic N) is 3. The van der Waals surface area contributed by atoms with Crippen LogP contribution in [0.4, 0.5) is 11.6 Å². The standard InChI is InChI=1S/C13H19N5O/c1-3-13(19)15-8-10-5-4-6-18(10)12-7-11(14-2)16-9-17-12/h3,7,9-10H,1,4-6,8H2,2H3,(H,15,19)(H,14,16,17). The first kappa shape index (κ1) is 13.3. The predicted molar refractivity (Wildman–Crippen MR) is 75.2 cm³/mol. The molecule has 1 unspecified atom stereocenters. The molecule has 0 bridgehead atoms. The molecule has 0 aromatic carbocycles. The molecule has 0 aliphatic carbocycles. The Kier molecular flexibility index (Phi) is 4.33. The summed E-state index contributed by atoms with van der Waals surface area (Å²) in [5.74, 6) is 1.56.